The van der Waals surface area contributed by atoms with Crippen LogP contribution in [0, 0.1) is 0 Å². The van der Waals surface area contributed by atoms with Crippen molar-refractivity contribution in [2.75, 3.05) is 17.7 Å². The number of anilines is 2. The summed E-state index contributed by atoms with van der Waals surface area (Å²) < 4.78 is 6.66. The van der Waals surface area contributed by atoms with Gasteiger partial charge >= 0.3 is 0 Å². The van der Waals surface area contributed by atoms with Crippen LogP contribution in [0.1, 0.15) is 10.4 Å². The average molecular weight is 410 g/mol. The molecular formula is C15H12BrN3O4S. The molecule has 0 aliphatic rings. The van der Waals surface area contributed by atoms with Crippen LogP contribution in [-0.4, -0.2) is 28.4 Å². The van der Waals surface area contributed by atoms with Gasteiger partial charge in [0.15, 0.2) is 5.13 Å². The zero-order valence-corrected chi connectivity index (χ0v) is 14.8. The molecule has 0 saturated carbocycles. The number of nitrogens with one attached hydrogen (secondary N) is 1. The van der Waals surface area contributed by atoms with Gasteiger partial charge in [0.05, 0.1) is 17.5 Å². The summed E-state index contributed by atoms with van der Waals surface area (Å²) in [4.78, 5) is 16.6. The van der Waals surface area contributed by atoms with E-state index >= 15 is 0 Å². The molecule has 0 saturated heterocycles. The number of ether oxygens (including phenoxy) is 1. The largest absolute Gasteiger partial charge is 0.494 e. The van der Waals surface area contributed by atoms with Crippen LogP contribution in [0.15, 0.2) is 40.9 Å². The number of nitrogens with zero attached hydrogens (tertiary/aromatic N) is 2. The molecule has 9 heteroatoms. The molecule has 0 spiro atoms. The van der Waals surface area contributed by atoms with Crippen LogP contribution in [0.2, 0.25) is 0 Å². The SMILES string of the molecule is COc1cc(N(O)O)cc2sc(NC(=O)c3cccc(Br)c3)nc12. The lowest BCUT2D eigenvalue weighted by molar-refractivity contribution is 0.0291. The van der Waals surface area contributed by atoms with Crippen molar-refractivity contribution in [3.63, 3.8) is 0 Å². The van der Waals surface area contributed by atoms with Gasteiger partial charge in [0.2, 0.25) is 0 Å². The first kappa shape index (κ1) is 16.7. The first-order valence-electron chi connectivity index (χ1n) is 6.71. The van der Waals surface area contributed by atoms with Crippen LogP contribution in [0.3, 0.4) is 0 Å². The number of amides is 1. The third-order valence-electron chi connectivity index (χ3n) is 3.20. The Labute approximate surface area is 149 Å². The Morgan fingerprint density at radius 1 is 1.33 bits per heavy atom. The molecule has 24 heavy (non-hydrogen) atoms. The molecule has 0 radical (unpaired) electrons. The number of hydrogen-bond donors (Lipinski definition) is 3. The minimum absolute atomic E-state index is 0.00142. The maximum Gasteiger partial charge on any atom is 0.257 e. The van der Waals surface area contributed by atoms with Crippen molar-refractivity contribution in [2.45, 2.75) is 0 Å². The van der Waals surface area contributed by atoms with E-state index in [2.05, 4.69) is 26.2 Å². The number of fused-ring (bicyclic) bond motifs is 1. The van der Waals surface area contributed by atoms with E-state index in [1.165, 1.54) is 30.6 Å². The van der Waals surface area contributed by atoms with Crippen LogP contribution in [-0.2, 0) is 0 Å². The molecule has 1 amide bonds. The van der Waals surface area contributed by atoms with E-state index in [0.29, 0.717) is 26.7 Å². The Hall–Kier alpha value is -2.20. The van der Waals surface area contributed by atoms with Crippen molar-refractivity contribution in [3.05, 3.63) is 46.4 Å². The lowest BCUT2D eigenvalue weighted by Crippen LogP contribution is -2.11. The molecule has 0 fully saturated rings. The minimum Gasteiger partial charge on any atom is -0.494 e. The van der Waals surface area contributed by atoms with E-state index in [1.54, 1.807) is 18.2 Å². The van der Waals surface area contributed by atoms with Crippen molar-refractivity contribution >= 4 is 54.2 Å². The number of benzene rings is 2. The molecule has 0 atom stereocenters. The van der Waals surface area contributed by atoms with Crippen LogP contribution in [0.4, 0.5) is 10.8 Å². The van der Waals surface area contributed by atoms with E-state index in [4.69, 9.17) is 4.74 Å². The lowest BCUT2D eigenvalue weighted by atomic mass is 10.2. The van der Waals surface area contributed by atoms with Crippen LogP contribution in [0.25, 0.3) is 10.2 Å². The monoisotopic (exact) mass is 409 g/mol. The molecule has 3 aromatic rings. The van der Waals surface area contributed by atoms with Gasteiger partial charge < -0.3 is 4.74 Å². The van der Waals surface area contributed by atoms with Crippen molar-refractivity contribution in [3.8, 4) is 5.75 Å². The molecule has 3 rings (SSSR count). The Morgan fingerprint density at radius 2 is 2.12 bits per heavy atom. The maximum absolute atomic E-state index is 12.3. The molecular weight excluding hydrogens is 398 g/mol. The van der Waals surface area contributed by atoms with Crippen molar-refractivity contribution in [1.29, 1.82) is 0 Å². The third kappa shape index (κ3) is 3.34. The predicted octanol–water partition coefficient (Wildman–Crippen LogP) is 3.90. The first-order valence-corrected chi connectivity index (χ1v) is 8.32. The summed E-state index contributed by atoms with van der Waals surface area (Å²) in [6.45, 7) is 0. The second kappa shape index (κ2) is 6.73. The lowest BCUT2D eigenvalue weighted by Gasteiger charge is -2.09. The van der Waals surface area contributed by atoms with E-state index in [9.17, 15) is 15.2 Å². The summed E-state index contributed by atoms with van der Waals surface area (Å²) in [5.74, 6) is 0.0790. The molecule has 0 aliphatic heterocycles. The molecule has 0 bridgehead atoms. The molecule has 7 nitrogen and oxygen atoms in total. The highest BCUT2D eigenvalue weighted by Gasteiger charge is 2.15. The van der Waals surface area contributed by atoms with Crippen molar-refractivity contribution in [1.82, 2.24) is 4.98 Å². The highest BCUT2D eigenvalue weighted by molar-refractivity contribution is 9.10. The number of rotatable bonds is 4. The fourth-order valence-electron chi connectivity index (χ4n) is 2.11. The van der Waals surface area contributed by atoms with Crippen LogP contribution < -0.4 is 15.3 Å². The zero-order chi connectivity index (χ0) is 17.3. The summed E-state index contributed by atoms with van der Waals surface area (Å²) in [7, 11) is 1.46. The van der Waals surface area contributed by atoms with Gasteiger partial charge in [0.1, 0.15) is 11.3 Å². The standard InChI is InChI=1S/C15H12BrN3O4S/c1-23-11-6-10(19(21)22)7-12-13(11)17-15(24-12)18-14(20)8-3-2-4-9(16)5-8/h2-7,21-22H,1H3,(H,17,18,20). The van der Waals surface area contributed by atoms with E-state index in [-0.39, 0.29) is 16.8 Å². The Balaban J connectivity index is 1.94. The van der Waals surface area contributed by atoms with E-state index in [0.717, 1.165) is 4.47 Å². The molecule has 1 aromatic heterocycles. The average Bonchev–Trinajstić information content (AvgIpc) is 2.96. The highest BCUT2D eigenvalue weighted by Crippen LogP contribution is 2.36. The highest BCUT2D eigenvalue weighted by atomic mass is 79.9. The summed E-state index contributed by atoms with van der Waals surface area (Å²) in [5.41, 5.74) is 1.15. The van der Waals surface area contributed by atoms with Gasteiger partial charge in [-0.25, -0.2) is 4.98 Å². The topological polar surface area (TPSA) is 94.9 Å². The number of carbonyl (C=O) groups is 1. The molecule has 0 aliphatic carbocycles. The Kier molecular flexibility index (Phi) is 4.67. The number of aromatic nitrogens is 1. The molecule has 2 aromatic carbocycles. The van der Waals surface area contributed by atoms with E-state index in [1.807, 2.05) is 6.07 Å². The first-order chi connectivity index (χ1) is 11.5. The van der Waals surface area contributed by atoms with Crippen molar-refractivity contribution < 1.29 is 19.9 Å². The van der Waals surface area contributed by atoms with Crippen molar-refractivity contribution in [2.24, 2.45) is 0 Å². The quantitative estimate of drug-likeness (QED) is 0.565. The van der Waals surface area contributed by atoms with E-state index < -0.39 is 0 Å². The van der Waals surface area contributed by atoms with Gasteiger partial charge in [-0.15, -0.1) is 5.23 Å². The van der Waals surface area contributed by atoms with Crippen LogP contribution in [0.5, 0.6) is 5.75 Å². The normalized spacial score (nSPS) is 10.7. The Bertz CT molecular complexity index is 913. The predicted molar refractivity (Wildman–Crippen MR) is 94.3 cm³/mol. The third-order valence-corrected chi connectivity index (χ3v) is 4.61. The van der Waals surface area contributed by atoms with Gasteiger partial charge in [0.25, 0.3) is 5.91 Å². The van der Waals surface area contributed by atoms with Crippen LogP contribution >= 0.6 is 27.3 Å². The Morgan fingerprint density at radius 3 is 2.79 bits per heavy atom. The minimum atomic E-state index is -0.291. The summed E-state index contributed by atoms with van der Waals surface area (Å²) in [6, 6.07) is 9.96. The van der Waals surface area contributed by atoms with Gasteiger partial charge in [0, 0.05) is 16.1 Å². The van der Waals surface area contributed by atoms with Gasteiger partial charge in [-0.2, -0.15) is 0 Å². The second-order valence-electron chi connectivity index (χ2n) is 4.77. The number of halogens is 1. The molecule has 0 unspecified atom stereocenters. The van der Waals surface area contributed by atoms with Gasteiger partial charge in [-0.1, -0.05) is 33.3 Å². The molecule has 124 valence electrons. The fraction of sp³-hybridized carbons (Fsp3) is 0.0667. The summed E-state index contributed by atoms with van der Waals surface area (Å²) in [6.07, 6.45) is 0. The number of thiazole rings is 1. The molecule has 3 N–H and O–H groups in total. The van der Waals surface area contributed by atoms with Gasteiger partial charge in [-0.3, -0.25) is 20.5 Å². The fourth-order valence-corrected chi connectivity index (χ4v) is 3.42. The number of methoxy groups -OCH3 is 1. The summed E-state index contributed by atoms with van der Waals surface area (Å²) >= 11 is 4.52. The summed E-state index contributed by atoms with van der Waals surface area (Å²) in [5, 5.41) is 21.5. The smallest absolute Gasteiger partial charge is 0.257 e. The zero-order valence-electron chi connectivity index (χ0n) is 12.4. The number of hydrogen-bond acceptors (Lipinski definition) is 7. The second-order valence-corrected chi connectivity index (χ2v) is 6.71. The maximum atomic E-state index is 12.3. The van der Waals surface area contributed by atoms with Gasteiger partial charge in [-0.05, 0) is 24.3 Å². The molecule has 1 heterocycles. The number of carbonyl (C=O) groups excluding carboxylic acids is 1.